The van der Waals surface area contributed by atoms with Crippen LogP contribution in [0.3, 0.4) is 0 Å². The Morgan fingerprint density at radius 2 is 1.83 bits per heavy atom. The van der Waals surface area contributed by atoms with E-state index in [0.717, 1.165) is 27.4 Å². The molecule has 2 atom stereocenters. The lowest BCUT2D eigenvalue weighted by Gasteiger charge is -2.31. The third kappa shape index (κ3) is 5.30. The maximum absolute atomic E-state index is 14.4. The molecule has 0 aliphatic heterocycles. The fourth-order valence-corrected chi connectivity index (χ4v) is 4.69. The lowest BCUT2D eigenvalue weighted by atomic mass is 10.0. The molecule has 2 aromatic carbocycles. The van der Waals surface area contributed by atoms with Gasteiger partial charge >= 0.3 is 0 Å². The maximum atomic E-state index is 14.4. The van der Waals surface area contributed by atoms with Gasteiger partial charge in [0, 0.05) is 0 Å². The Bertz CT molecular complexity index is 994. The van der Waals surface area contributed by atoms with Crippen LogP contribution < -0.4 is 14.4 Å². The van der Waals surface area contributed by atoms with Crippen molar-refractivity contribution in [2.45, 2.75) is 45.7 Å². The normalized spacial score (nSPS) is 13.4. The zero-order chi connectivity index (χ0) is 22.5. The summed E-state index contributed by atoms with van der Waals surface area (Å²) in [5.74, 6) is -0.437. The molecule has 0 saturated heterocycles. The largest absolute Gasteiger partial charge is 0.496 e. The number of benzene rings is 2. The molecule has 0 spiro atoms. The highest BCUT2D eigenvalue weighted by atomic mass is 32.2. The van der Waals surface area contributed by atoms with Gasteiger partial charge in [-0.1, -0.05) is 38.1 Å². The van der Waals surface area contributed by atoms with Gasteiger partial charge in [-0.25, -0.2) is 12.8 Å². The summed E-state index contributed by atoms with van der Waals surface area (Å²) in [6, 6.07) is 9.77. The molecule has 0 aliphatic rings. The quantitative estimate of drug-likeness (QED) is 0.646. The van der Waals surface area contributed by atoms with Gasteiger partial charge in [0.25, 0.3) is 0 Å². The molecule has 1 N–H and O–H groups in total. The summed E-state index contributed by atoms with van der Waals surface area (Å²) in [5.41, 5.74) is 1.67. The second kappa shape index (κ2) is 9.93. The van der Waals surface area contributed by atoms with Crippen LogP contribution in [0.15, 0.2) is 42.5 Å². The molecule has 30 heavy (non-hydrogen) atoms. The van der Waals surface area contributed by atoms with Gasteiger partial charge in [0.2, 0.25) is 15.9 Å². The standard InChI is InChI=1S/C22H29FN2O4S/c1-6-18(16-12-13-21(29-4)15(3)14-16)24-22(26)19(7-2)25(30(5,27)28)20-11-9-8-10-17(20)23/h8-14,18-19H,6-7H2,1-5H3,(H,24,26)/t18-,19+/m0/s1. The Balaban J connectivity index is 2.37. The number of carbonyl (C=O) groups is 1. The molecule has 0 unspecified atom stereocenters. The van der Waals surface area contributed by atoms with Gasteiger partial charge in [-0.3, -0.25) is 9.10 Å². The second-order valence-corrected chi connectivity index (χ2v) is 8.99. The highest BCUT2D eigenvalue weighted by Crippen LogP contribution is 2.27. The number of nitrogens with one attached hydrogen (secondary N) is 1. The smallest absolute Gasteiger partial charge is 0.244 e. The first-order valence-corrected chi connectivity index (χ1v) is 11.7. The molecule has 2 rings (SSSR count). The summed E-state index contributed by atoms with van der Waals surface area (Å²) in [5, 5.41) is 2.93. The number of aryl methyl sites for hydroxylation is 1. The highest BCUT2D eigenvalue weighted by molar-refractivity contribution is 7.92. The molecule has 6 nitrogen and oxygen atoms in total. The summed E-state index contributed by atoms with van der Waals surface area (Å²) in [7, 11) is -2.31. The highest BCUT2D eigenvalue weighted by Gasteiger charge is 2.34. The van der Waals surface area contributed by atoms with Gasteiger partial charge in [-0.05, 0) is 49.1 Å². The molecule has 0 heterocycles. The molecular formula is C22H29FN2O4S. The van der Waals surface area contributed by atoms with Crippen molar-refractivity contribution in [1.82, 2.24) is 5.32 Å². The maximum Gasteiger partial charge on any atom is 0.244 e. The molecular weight excluding hydrogens is 407 g/mol. The number of amides is 1. The van der Waals surface area contributed by atoms with Crippen molar-refractivity contribution in [1.29, 1.82) is 0 Å². The Labute approximate surface area is 178 Å². The van der Waals surface area contributed by atoms with E-state index in [9.17, 15) is 17.6 Å². The van der Waals surface area contributed by atoms with Crippen LogP contribution in [-0.4, -0.2) is 33.7 Å². The molecule has 0 aromatic heterocycles. The minimum atomic E-state index is -3.90. The van der Waals surface area contributed by atoms with Crippen LogP contribution in [0.4, 0.5) is 10.1 Å². The van der Waals surface area contributed by atoms with Gasteiger partial charge in [0.15, 0.2) is 0 Å². The van der Waals surface area contributed by atoms with Crippen LogP contribution >= 0.6 is 0 Å². The number of para-hydroxylation sites is 1. The first-order chi connectivity index (χ1) is 14.1. The van der Waals surface area contributed by atoms with Crippen molar-refractivity contribution < 1.29 is 22.3 Å². The van der Waals surface area contributed by atoms with Gasteiger partial charge in [0.05, 0.1) is 25.1 Å². The lowest BCUT2D eigenvalue weighted by Crippen LogP contribution is -2.50. The zero-order valence-electron chi connectivity index (χ0n) is 18.0. The number of nitrogens with zero attached hydrogens (tertiary/aromatic N) is 1. The van der Waals surface area contributed by atoms with Crippen molar-refractivity contribution in [2.75, 3.05) is 17.7 Å². The van der Waals surface area contributed by atoms with E-state index in [4.69, 9.17) is 4.74 Å². The van der Waals surface area contributed by atoms with Gasteiger partial charge in [0.1, 0.15) is 17.6 Å². The van der Waals surface area contributed by atoms with Crippen molar-refractivity contribution in [3.8, 4) is 5.75 Å². The van der Waals surface area contributed by atoms with Crippen LogP contribution in [0.5, 0.6) is 5.75 Å². The minimum Gasteiger partial charge on any atom is -0.496 e. The third-order valence-corrected chi connectivity index (χ3v) is 6.13. The van der Waals surface area contributed by atoms with E-state index in [1.165, 1.54) is 24.3 Å². The number of hydrogen-bond donors (Lipinski definition) is 1. The van der Waals surface area contributed by atoms with E-state index >= 15 is 0 Å². The lowest BCUT2D eigenvalue weighted by molar-refractivity contribution is -0.123. The van der Waals surface area contributed by atoms with Gasteiger partial charge in [-0.2, -0.15) is 0 Å². The van der Waals surface area contributed by atoms with Crippen LogP contribution in [0.1, 0.15) is 43.9 Å². The molecule has 164 valence electrons. The number of methoxy groups -OCH3 is 1. The minimum absolute atomic E-state index is 0.143. The number of hydrogen-bond acceptors (Lipinski definition) is 4. The van der Waals surface area contributed by atoms with Crippen LogP contribution in [0, 0.1) is 12.7 Å². The Kier molecular flexibility index (Phi) is 7.83. The number of rotatable bonds is 9. The van der Waals surface area contributed by atoms with E-state index in [1.807, 2.05) is 32.0 Å². The molecule has 2 aromatic rings. The molecule has 0 radical (unpaired) electrons. The first-order valence-electron chi connectivity index (χ1n) is 9.82. The average Bonchev–Trinajstić information content (AvgIpc) is 2.69. The summed E-state index contributed by atoms with van der Waals surface area (Å²) in [6.45, 7) is 5.54. The number of carbonyl (C=O) groups excluding carboxylic acids is 1. The first kappa shape index (κ1) is 23.7. The fraction of sp³-hybridized carbons (Fsp3) is 0.409. The number of anilines is 1. The van der Waals surface area contributed by atoms with E-state index in [0.29, 0.717) is 6.42 Å². The predicted molar refractivity (Wildman–Crippen MR) is 117 cm³/mol. The molecule has 0 saturated carbocycles. The number of ether oxygens (including phenoxy) is 1. The van der Waals surface area contributed by atoms with Gasteiger partial charge < -0.3 is 10.1 Å². The molecule has 1 amide bonds. The summed E-state index contributed by atoms with van der Waals surface area (Å²) < 4.78 is 45.5. The van der Waals surface area contributed by atoms with E-state index in [1.54, 1.807) is 14.0 Å². The Hall–Kier alpha value is -2.61. The van der Waals surface area contributed by atoms with Crippen molar-refractivity contribution in [3.63, 3.8) is 0 Å². The van der Waals surface area contributed by atoms with E-state index in [-0.39, 0.29) is 18.2 Å². The van der Waals surface area contributed by atoms with Crippen molar-refractivity contribution in [3.05, 3.63) is 59.4 Å². The SMILES string of the molecule is CC[C@H](NC(=O)[C@@H](CC)N(c1ccccc1F)S(C)(=O)=O)c1ccc(OC)c(C)c1. The number of halogens is 1. The molecule has 0 fully saturated rings. The second-order valence-electron chi connectivity index (χ2n) is 7.13. The summed E-state index contributed by atoms with van der Waals surface area (Å²) in [6.07, 6.45) is 1.76. The molecule has 8 heteroatoms. The summed E-state index contributed by atoms with van der Waals surface area (Å²) >= 11 is 0. The monoisotopic (exact) mass is 436 g/mol. The molecule has 0 bridgehead atoms. The van der Waals surface area contributed by atoms with E-state index in [2.05, 4.69) is 5.32 Å². The molecule has 0 aliphatic carbocycles. The van der Waals surface area contributed by atoms with Gasteiger partial charge in [-0.15, -0.1) is 0 Å². The van der Waals surface area contributed by atoms with Crippen molar-refractivity contribution in [2.24, 2.45) is 0 Å². The predicted octanol–water partition coefficient (Wildman–Crippen LogP) is 3.95. The van der Waals surface area contributed by atoms with Crippen LogP contribution in [0.2, 0.25) is 0 Å². The fourth-order valence-electron chi connectivity index (χ4n) is 3.47. The van der Waals surface area contributed by atoms with Crippen LogP contribution in [0.25, 0.3) is 0 Å². The van der Waals surface area contributed by atoms with Crippen molar-refractivity contribution >= 4 is 21.6 Å². The zero-order valence-corrected chi connectivity index (χ0v) is 18.8. The Morgan fingerprint density at radius 1 is 1.17 bits per heavy atom. The summed E-state index contributed by atoms with van der Waals surface area (Å²) in [4.78, 5) is 13.1. The Morgan fingerprint density at radius 3 is 2.33 bits per heavy atom. The topological polar surface area (TPSA) is 75.7 Å². The van der Waals surface area contributed by atoms with E-state index < -0.39 is 27.8 Å². The van der Waals surface area contributed by atoms with Crippen LogP contribution in [-0.2, 0) is 14.8 Å². The third-order valence-electron chi connectivity index (χ3n) is 4.97. The average molecular weight is 437 g/mol. The number of sulfonamides is 1.